The molecule has 1 amide bonds. The number of rotatable bonds is 8. The minimum atomic E-state index is -0.495. The zero-order valence-electron chi connectivity index (χ0n) is 18.4. The van der Waals surface area contributed by atoms with Gasteiger partial charge in [-0.15, -0.1) is 11.3 Å². The van der Waals surface area contributed by atoms with Crippen molar-refractivity contribution in [3.05, 3.63) is 83.2 Å². The number of nitrogens with two attached hydrogens (primary N) is 2. The van der Waals surface area contributed by atoms with Gasteiger partial charge in [-0.05, 0) is 64.5 Å². The maximum absolute atomic E-state index is 12.2. The van der Waals surface area contributed by atoms with E-state index in [2.05, 4.69) is 11.4 Å². The number of anilines is 2. The third-order valence-corrected chi connectivity index (χ3v) is 6.30. The first kappa shape index (κ1) is 22.2. The zero-order chi connectivity index (χ0) is 23.4. The second-order valence-electron chi connectivity index (χ2n) is 7.45. The van der Waals surface area contributed by atoms with Gasteiger partial charge in [-0.25, -0.2) is 0 Å². The summed E-state index contributed by atoms with van der Waals surface area (Å²) in [5.41, 5.74) is 17.4. The van der Waals surface area contributed by atoms with Crippen LogP contribution in [0.15, 0.2) is 72.1 Å². The van der Waals surface area contributed by atoms with Crippen LogP contribution in [-0.4, -0.2) is 20.1 Å². The molecule has 1 heterocycles. The summed E-state index contributed by atoms with van der Waals surface area (Å²) in [5.74, 6) is 0.813. The van der Waals surface area contributed by atoms with Gasteiger partial charge in [0.1, 0.15) is 0 Å². The largest absolute Gasteiger partial charge is 0.493 e. The Kier molecular flexibility index (Phi) is 6.51. The molecular formula is C26H25N3O3S. The topological polar surface area (TPSA) is 99.6 Å². The number of benzene rings is 3. The van der Waals surface area contributed by atoms with E-state index in [-0.39, 0.29) is 0 Å². The summed E-state index contributed by atoms with van der Waals surface area (Å²) in [6.07, 6.45) is 0. The summed E-state index contributed by atoms with van der Waals surface area (Å²) in [4.78, 5) is 13.3. The SMILES string of the molecule is COc1ccc(NCc2ccc(C(N)=O)c(-c3cc(-c4cccs4)ccc3N)c2)cc1OC. The molecule has 0 spiro atoms. The van der Waals surface area contributed by atoms with E-state index < -0.39 is 5.91 Å². The van der Waals surface area contributed by atoms with Gasteiger partial charge in [0.2, 0.25) is 5.91 Å². The average Bonchev–Trinajstić information content (AvgIpc) is 3.37. The summed E-state index contributed by atoms with van der Waals surface area (Å²) in [6, 6.07) is 21.1. The minimum absolute atomic E-state index is 0.430. The van der Waals surface area contributed by atoms with E-state index in [0.29, 0.717) is 34.9 Å². The monoisotopic (exact) mass is 459 g/mol. The van der Waals surface area contributed by atoms with E-state index in [1.165, 1.54) is 0 Å². The fourth-order valence-electron chi connectivity index (χ4n) is 3.67. The number of methoxy groups -OCH3 is 2. The molecule has 0 unspecified atom stereocenters. The van der Waals surface area contributed by atoms with E-state index in [4.69, 9.17) is 20.9 Å². The minimum Gasteiger partial charge on any atom is -0.493 e. The lowest BCUT2D eigenvalue weighted by atomic mass is 9.94. The number of ether oxygens (including phenoxy) is 2. The Morgan fingerprint density at radius 2 is 1.76 bits per heavy atom. The Hall–Kier alpha value is -3.97. The fraction of sp³-hybridized carbons (Fsp3) is 0.115. The van der Waals surface area contributed by atoms with E-state index in [0.717, 1.165) is 27.3 Å². The number of hydrogen-bond acceptors (Lipinski definition) is 6. The molecule has 0 saturated carbocycles. The van der Waals surface area contributed by atoms with Crippen LogP contribution in [0.25, 0.3) is 21.6 Å². The molecular weight excluding hydrogens is 434 g/mol. The summed E-state index contributed by atoms with van der Waals surface area (Å²) < 4.78 is 10.7. The first-order valence-corrected chi connectivity index (χ1v) is 11.2. The number of hydrogen-bond donors (Lipinski definition) is 3. The Labute approximate surface area is 196 Å². The number of nitrogens with one attached hydrogen (secondary N) is 1. The van der Waals surface area contributed by atoms with Crippen LogP contribution in [-0.2, 0) is 6.54 Å². The van der Waals surface area contributed by atoms with Gasteiger partial charge in [-0.3, -0.25) is 4.79 Å². The number of carbonyl (C=O) groups excluding carboxylic acids is 1. The normalized spacial score (nSPS) is 10.6. The Bertz CT molecular complexity index is 1290. The maximum atomic E-state index is 12.2. The molecule has 6 nitrogen and oxygen atoms in total. The Balaban J connectivity index is 1.67. The Morgan fingerprint density at radius 1 is 0.939 bits per heavy atom. The molecule has 0 bridgehead atoms. The van der Waals surface area contributed by atoms with Gasteiger partial charge in [0.25, 0.3) is 0 Å². The van der Waals surface area contributed by atoms with E-state index in [1.54, 1.807) is 31.6 Å². The predicted octanol–water partition coefficient (Wildman–Crippen LogP) is 5.39. The quantitative estimate of drug-likeness (QED) is 0.307. The standard InChI is InChI=1S/C26H25N3O3S/c1-31-23-10-7-18(14-24(23)32-2)29-15-16-5-8-19(26(28)30)20(12-16)21-13-17(6-9-22(21)27)25-4-3-11-33-25/h3-14,29H,15,27H2,1-2H3,(H2,28,30). The lowest BCUT2D eigenvalue weighted by Gasteiger charge is -2.15. The molecule has 168 valence electrons. The highest BCUT2D eigenvalue weighted by Crippen LogP contribution is 2.35. The Morgan fingerprint density at radius 3 is 2.45 bits per heavy atom. The number of carbonyl (C=O) groups is 1. The van der Waals surface area contributed by atoms with Crippen molar-refractivity contribution in [1.29, 1.82) is 0 Å². The van der Waals surface area contributed by atoms with Crippen molar-refractivity contribution in [2.45, 2.75) is 6.54 Å². The number of amides is 1. The van der Waals surface area contributed by atoms with Crippen molar-refractivity contribution >= 4 is 28.6 Å². The number of nitrogen functional groups attached to an aromatic ring is 1. The van der Waals surface area contributed by atoms with Crippen molar-refractivity contribution in [1.82, 2.24) is 0 Å². The summed E-state index contributed by atoms with van der Waals surface area (Å²) in [6.45, 7) is 0.534. The molecule has 4 rings (SSSR count). The van der Waals surface area contributed by atoms with Crippen LogP contribution in [0, 0.1) is 0 Å². The first-order valence-electron chi connectivity index (χ1n) is 10.3. The highest BCUT2D eigenvalue weighted by molar-refractivity contribution is 7.13. The molecule has 0 atom stereocenters. The molecule has 5 N–H and O–H groups in total. The molecule has 1 aromatic heterocycles. The van der Waals surface area contributed by atoms with Gasteiger partial charge < -0.3 is 26.3 Å². The van der Waals surface area contributed by atoms with Crippen LogP contribution in [0.4, 0.5) is 11.4 Å². The van der Waals surface area contributed by atoms with Crippen LogP contribution >= 0.6 is 11.3 Å². The van der Waals surface area contributed by atoms with Crippen LogP contribution in [0.1, 0.15) is 15.9 Å². The fourth-order valence-corrected chi connectivity index (χ4v) is 4.40. The van der Waals surface area contributed by atoms with Gasteiger partial charge >= 0.3 is 0 Å². The van der Waals surface area contributed by atoms with Crippen LogP contribution < -0.4 is 26.3 Å². The lowest BCUT2D eigenvalue weighted by Crippen LogP contribution is -2.13. The van der Waals surface area contributed by atoms with E-state index in [1.807, 2.05) is 60.0 Å². The number of thiophene rings is 1. The van der Waals surface area contributed by atoms with Crippen molar-refractivity contribution in [3.63, 3.8) is 0 Å². The van der Waals surface area contributed by atoms with Crippen molar-refractivity contribution in [2.75, 3.05) is 25.3 Å². The van der Waals surface area contributed by atoms with Crippen LogP contribution in [0.3, 0.4) is 0 Å². The van der Waals surface area contributed by atoms with Crippen LogP contribution in [0.5, 0.6) is 11.5 Å². The molecule has 0 aliphatic carbocycles. The lowest BCUT2D eigenvalue weighted by molar-refractivity contribution is 0.100. The highest BCUT2D eigenvalue weighted by Gasteiger charge is 2.15. The zero-order valence-corrected chi connectivity index (χ0v) is 19.2. The molecule has 0 aliphatic heterocycles. The van der Waals surface area contributed by atoms with Gasteiger partial charge in [0.05, 0.1) is 14.2 Å². The molecule has 4 aromatic rings. The smallest absolute Gasteiger partial charge is 0.249 e. The molecule has 0 fully saturated rings. The van der Waals surface area contributed by atoms with Crippen molar-refractivity contribution in [2.24, 2.45) is 5.73 Å². The molecule has 3 aromatic carbocycles. The third-order valence-electron chi connectivity index (χ3n) is 5.38. The molecule has 7 heteroatoms. The average molecular weight is 460 g/mol. The highest BCUT2D eigenvalue weighted by atomic mass is 32.1. The second kappa shape index (κ2) is 9.67. The summed E-state index contributed by atoms with van der Waals surface area (Å²) in [5, 5.41) is 5.41. The molecule has 0 aliphatic rings. The number of primary amides is 1. The van der Waals surface area contributed by atoms with E-state index in [9.17, 15) is 4.79 Å². The molecule has 0 saturated heterocycles. The van der Waals surface area contributed by atoms with Gasteiger partial charge in [0.15, 0.2) is 11.5 Å². The third kappa shape index (κ3) is 4.78. The summed E-state index contributed by atoms with van der Waals surface area (Å²) >= 11 is 1.65. The van der Waals surface area contributed by atoms with Crippen LogP contribution in [0.2, 0.25) is 0 Å². The van der Waals surface area contributed by atoms with Gasteiger partial charge in [-0.2, -0.15) is 0 Å². The summed E-state index contributed by atoms with van der Waals surface area (Å²) in [7, 11) is 3.21. The van der Waals surface area contributed by atoms with Crippen molar-refractivity contribution in [3.8, 4) is 33.1 Å². The second-order valence-corrected chi connectivity index (χ2v) is 8.39. The molecule has 33 heavy (non-hydrogen) atoms. The first-order chi connectivity index (χ1) is 16.0. The van der Waals surface area contributed by atoms with Gasteiger partial charge in [0, 0.05) is 40.0 Å². The molecule has 0 radical (unpaired) electrons. The van der Waals surface area contributed by atoms with Gasteiger partial charge in [-0.1, -0.05) is 18.2 Å². The predicted molar refractivity (Wildman–Crippen MR) is 135 cm³/mol. The van der Waals surface area contributed by atoms with E-state index >= 15 is 0 Å². The maximum Gasteiger partial charge on any atom is 0.249 e. The van der Waals surface area contributed by atoms with Crippen molar-refractivity contribution < 1.29 is 14.3 Å².